The van der Waals surface area contributed by atoms with E-state index in [1.54, 1.807) is 30.0 Å². The lowest BCUT2D eigenvalue weighted by atomic mass is 10.2. The molecule has 1 atom stereocenters. The zero-order chi connectivity index (χ0) is 24.8. The number of H-pyrrole nitrogens is 1. The molecule has 1 saturated heterocycles. The third-order valence-electron chi connectivity index (χ3n) is 4.71. The average Bonchev–Trinajstić information content (AvgIpc) is 3.16. The molecule has 1 aromatic carbocycles. The molecule has 1 aliphatic heterocycles. The number of carbonyl (C=O) groups excluding carboxylic acids is 2. The van der Waals surface area contributed by atoms with Crippen LogP contribution in [0.1, 0.15) is 31.3 Å². The molecule has 2 heterocycles. The molecule has 1 aliphatic rings. The van der Waals surface area contributed by atoms with Crippen LogP contribution in [0.3, 0.4) is 0 Å². The van der Waals surface area contributed by atoms with Gasteiger partial charge in [-0.2, -0.15) is 16.1 Å². The molecule has 4 N–H and O–H groups in total. The molecule has 0 aliphatic carbocycles. The maximum atomic E-state index is 13.4. The van der Waals surface area contributed by atoms with Crippen molar-refractivity contribution in [2.24, 2.45) is 5.73 Å². The minimum Gasteiger partial charge on any atom is -0.366 e. The maximum absolute atomic E-state index is 13.4. The molecule has 9 nitrogen and oxygen atoms in total. The second-order valence-corrected chi connectivity index (χ2v) is 12.9. The number of benzene rings is 1. The van der Waals surface area contributed by atoms with Gasteiger partial charge in [0.05, 0.1) is 12.3 Å². The Morgan fingerprint density at radius 2 is 2.09 bits per heavy atom. The molecule has 33 heavy (non-hydrogen) atoms. The van der Waals surface area contributed by atoms with Crippen molar-refractivity contribution in [3.63, 3.8) is 0 Å². The highest BCUT2D eigenvalue weighted by Gasteiger charge is 2.36. The summed E-state index contributed by atoms with van der Waals surface area (Å²) in [6.45, 7) is 6.86. The number of amides is 1. The third kappa shape index (κ3) is 7.03. The van der Waals surface area contributed by atoms with Crippen LogP contribution < -0.4 is 11.1 Å². The van der Waals surface area contributed by atoms with Gasteiger partial charge in [0.2, 0.25) is 10.0 Å². The number of hydrogen-bond acceptors (Lipinski definition) is 7. The highest BCUT2D eigenvalue weighted by atomic mass is 79.9. The maximum Gasteiger partial charge on any atom is 0.250 e. The van der Waals surface area contributed by atoms with Crippen molar-refractivity contribution < 1.29 is 22.7 Å². The van der Waals surface area contributed by atoms with Crippen molar-refractivity contribution in [3.8, 4) is 0 Å². The van der Waals surface area contributed by atoms with Crippen LogP contribution in [0.25, 0.3) is 10.9 Å². The smallest absolute Gasteiger partial charge is 0.250 e. The molecule has 0 saturated carbocycles. The van der Waals surface area contributed by atoms with Gasteiger partial charge in [0.25, 0.3) is 5.91 Å². The number of halogens is 1. The summed E-state index contributed by atoms with van der Waals surface area (Å²) in [5, 5.41) is 3.24. The lowest BCUT2D eigenvalue weighted by molar-refractivity contribution is -0.136. The fraction of sp³-hybridized carbons (Fsp3) is 0.524. The molecular weight excluding hydrogens is 532 g/mol. The van der Waals surface area contributed by atoms with Gasteiger partial charge in [-0.15, -0.1) is 0 Å². The van der Waals surface area contributed by atoms with Crippen LogP contribution in [-0.2, 0) is 19.6 Å². The minimum atomic E-state index is -4.03. The fourth-order valence-electron chi connectivity index (χ4n) is 3.30. The molecule has 0 bridgehead atoms. The number of morpholine rings is 1. The van der Waals surface area contributed by atoms with E-state index in [1.807, 2.05) is 0 Å². The Labute approximate surface area is 207 Å². The minimum absolute atomic E-state index is 0.0141. The number of aromatic amines is 1. The Kier molecular flexibility index (Phi) is 9.95. The molecule has 0 spiro atoms. The van der Waals surface area contributed by atoms with E-state index in [-0.39, 0.29) is 40.9 Å². The van der Waals surface area contributed by atoms with Crippen molar-refractivity contribution in [1.29, 1.82) is 0 Å². The van der Waals surface area contributed by atoms with Gasteiger partial charge in [0, 0.05) is 45.5 Å². The number of sulfonamides is 1. The number of aromatic nitrogens is 1. The number of rotatable bonds is 7. The van der Waals surface area contributed by atoms with Gasteiger partial charge in [0.15, 0.2) is 6.29 Å². The summed E-state index contributed by atoms with van der Waals surface area (Å²) in [5.74, 6) is 0.406. The normalized spacial score (nSPS) is 17.3. The van der Waals surface area contributed by atoms with Crippen LogP contribution in [0, 0.1) is 0 Å². The summed E-state index contributed by atoms with van der Waals surface area (Å²) in [6.07, 6.45) is -0.405. The standard InChI is InChI=1S/C20H26BrN3O5S2.CH5N/c1-20(2,3)30-9-6-22-19(26)17-11-24(7-8-29-17)31(27,28)18-14-10-13(21)4-5-15(14)23-16(18)12-25;1-2/h4-5,10,12,17,23H,6-9,11H2,1-3H3,(H,22,26);2H2,1H3. The predicted molar refractivity (Wildman–Crippen MR) is 135 cm³/mol. The SMILES string of the molecule is CC(C)(C)SCCNC(=O)C1CN(S(=O)(=O)c2c(C=O)[nH]c3ccc(Br)cc23)CCO1.CN. The van der Waals surface area contributed by atoms with E-state index in [4.69, 9.17) is 4.74 Å². The van der Waals surface area contributed by atoms with Crippen molar-refractivity contribution in [2.75, 3.05) is 39.0 Å². The second-order valence-electron chi connectivity index (χ2n) is 8.15. The average molecular weight is 564 g/mol. The van der Waals surface area contributed by atoms with Gasteiger partial charge < -0.3 is 20.8 Å². The summed E-state index contributed by atoms with van der Waals surface area (Å²) < 4.78 is 34.4. The molecule has 12 heteroatoms. The van der Waals surface area contributed by atoms with E-state index in [2.05, 4.69) is 52.7 Å². The molecule has 1 unspecified atom stereocenters. The van der Waals surface area contributed by atoms with Crippen LogP contribution in [0.2, 0.25) is 0 Å². The first-order valence-corrected chi connectivity index (χ1v) is 13.6. The molecular formula is C21H31BrN4O5S2. The Morgan fingerprint density at radius 3 is 2.73 bits per heavy atom. The fourth-order valence-corrected chi connectivity index (χ4v) is 6.20. The zero-order valence-corrected chi connectivity index (χ0v) is 22.4. The Bertz CT molecular complexity index is 1080. The quantitative estimate of drug-likeness (QED) is 0.348. The van der Waals surface area contributed by atoms with E-state index in [0.717, 1.165) is 5.75 Å². The van der Waals surface area contributed by atoms with Gasteiger partial charge in [-0.1, -0.05) is 36.7 Å². The first-order valence-electron chi connectivity index (χ1n) is 10.4. The lowest BCUT2D eigenvalue weighted by Crippen LogP contribution is -2.51. The first-order chi connectivity index (χ1) is 15.5. The Balaban J connectivity index is 0.00000187. The lowest BCUT2D eigenvalue weighted by Gasteiger charge is -2.31. The van der Waals surface area contributed by atoms with E-state index in [9.17, 15) is 18.0 Å². The molecule has 1 amide bonds. The van der Waals surface area contributed by atoms with E-state index in [0.29, 0.717) is 28.2 Å². The number of carbonyl (C=O) groups is 2. The Hall–Kier alpha value is -1.44. The summed E-state index contributed by atoms with van der Waals surface area (Å²) in [4.78, 5) is 26.9. The molecule has 0 radical (unpaired) electrons. The number of aldehydes is 1. The summed E-state index contributed by atoms with van der Waals surface area (Å²) in [7, 11) is -2.53. The van der Waals surface area contributed by atoms with Crippen LogP contribution in [0.4, 0.5) is 0 Å². The summed E-state index contributed by atoms with van der Waals surface area (Å²) >= 11 is 5.08. The predicted octanol–water partition coefficient (Wildman–Crippen LogP) is 2.36. The van der Waals surface area contributed by atoms with E-state index in [1.165, 1.54) is 11.4 Å². The number of ether oxygens (including phenoxy) is 1. The van der Waals surface area contributed by atoms with Crippen LogP contribution in [0.5, 0.6) is 0 Å². The van der Waals surface area contributed by atoms with Gasteiger partial charge in [-0.05, 0) is 25.2 Å². The number of hydrogen-bond donors (Lipinski definition) is 3. The van der Waals surface area contributed by atoms with Gasteiger partial charge >= 0.3 is 0 Å². The van der Waals surface area contributed by atoms with E-state index >= 15 is 0 Å². The molecule has 3 rings (SSSR count). The highest BCUT2D eigenvalue weighted by molar-refractivity contribution is 9.10. The van der Waals surface area contributed by atoms with Gasteiger partial charge in [-0.25, -0.2) is 8.42 Å². The zero-order valence-electron chi connectivity index (χ0n) is 19.2. The molecule has 184 valence electrons. The monoisotopic (exact) mass is 562 g/mol. The number of thioether (sulfide) groups is 1. The van der Waals surface area contributed by atoms with Crippen molar-refractivity contribution in [1.82, 2.24) is 14.6 Å². The topological polar surface area (TPSA) is 135 Å². The van der Waals surface area contributed by atoms with E-state index < -0.39 is 16.1 Å². The second kappa shape index (κ2) is 11.8. The van der Waals surface area contributed by atoms with Crippen LogP contribution >= 0.6 is 27.7 Å². The largest absolute Gasteiger partial charge is 0.366 e. The highest BCUT2D eigenvalue weighted by Crippen LogP contribution is 2.31. The summed E-state index contributed by atoms with van der Waals surface area (Å²) in [5.41, 5.74) is 5.03. The molecule has 1 aromatic heterocycles. The number of nitrogens with two attached hydrogens (primary N) is 1. The molecule has 1 fully saturated rings. The van der Waals surface area contributed by atoms with Crippen molar-refractivity contribution in [2.45, 2.75) is 36.5 Å². The van der Waals surface area contributed by atoms with Crippen molar-refractivity contribution >= 4 is 60.8 Å². The van der Waals surface area contributed by atoms with Gasteiger partial charge in [-0.3, -0.25) is 9.59 Å². The van der Waals surface area contributed by atoms with Crippen LogP contribution in [0.15, 0.2) is 27.6 Å². The first kappa shape index (κ1) is 27.8. The number of nitrogens with one attached hydrogen (secondary N) is 2. The van der Waals surface area contributed by atoms with Crippen molar-refractivity contribution in [3.05, 3.63) is 28.4 Å². The third-order valence-corrected chi connectivity index (χ3v) is 8.45. The Morgan fingerprint density at radius 1 is 1.39 bits per heavy atom. The van der Waals surface area contributed by atoms with Gasteiger partial charge in [0.1, 0.15) is 11.0 Å². The van der Waals surface area contributed by atoms with Crippen LogP contribution in [-0.4, -0.2) is 79.8 Å². The number of nitrogens with zero attached hydrogens (tertiary/aromatic N) is 1. The summed E-state index contributed by atoms with van der Waals surface area (Å²) in [6, 6.07) is 5.12. The number of fused-ring (bicyclic) bond motifs is 1. The molecule has 2 aromatic rings.